The lowest BCUT2D eigenvalue weighted by atomic mass is 10.3. The molecule has 0 spiro atoms. The number of rotatable bonds is 4. The van der Waals surface area contributed by atoms with E-state index in [-0.39, 0.29) is 26.6 Å². The summed E-state index contributed by atoms with van der Waals surface area (Å²) in [6.45, 7) is 1.51. The van der Waals surface area contributed by atoms with Crippen molar-refractivity contribution >= 4 is 40.8 Å². The molecular formula is C11H11Cl3O4. The molecule has 0 heterocycles. The van der Waals surface area contributed by atoms with Gasteiger partial charge in [0.1, 0.15) is 5.02 Å². The molecule has 0 aliphatic carbocycles. The van der Waals surface area contributed by atoms with Crippen LogP contribution in [-0.2, 0) is 9.53 Å². The van der Waals surface area contributed by atoms with Gasteiger partial charge in [0.05, 0.1) is 24.3 Å². The molecule has 18 heavy (non-hydrogen) atoms. The van der Waals surface area contributed by atoms with Crippen LogP contribution in [0.15, 0.2) is 6.07 Å². The van der Waals surface area contributed by atoms with Crippen molar-refractivity contribution in [3.05, 3.63) is 21.1 Å². The first-order valence-corrected chi connectivity index (χ1v) is 6.01. The van der Waals surface area contributed by atoms with Crippen molar-refractivity contribution in [1.82, 2.24) is 0 Å². The molecule has 1 rings (SSSR count). The molecule has 100 valence electrons. The Labute approximate surface area is 120 Å². The maximum absolute atomic E-state index is 11.3. The number of esters is 1. The fraction of sp³-hybridized carbons (Fsp3) is 0.364. The molecule has 0 aromatic heterocycles. The van der Waals surface area contributed by atoms with Crippen molar-refractivity contribution in [1.29, 1.82) is 0 Å². The minimum absolute atomic E-state index is 0.103. The molecule has 1 atom stereocenters. The van der Waals surface area contributed by atoms with Crippen LogP contribution in [0.5, 0.6) is 11.5 Å². The maximum atomic E-state index is 11.3. The molecule has 1 aromatic carbocycles. The Morgan fingerprint density at radius 2 is 1.72 bits per heavy atom. The lowest BCUT2D eigenvalue weighted by Gasteiger charge is -2.17. The number of benzene rings is 1. The second-order valence-corrected chi connectivity index (χ2v) is 4.49. The van der Waals surface area contributed by atoms with E-state index in [1.165, 1.54) is 27.2 Å². The van der Waals surface area contributed by atoms with E-state index in [2.05, 4.69) is 4.74 Å². The van der Waals surface area contributed by atoms with Crippen LogP contribution < -0.4 is 9.47 Å². The first kappa shape index (κ1) is 15.2. The second kappa shape index (κ2) is 6.36. The van der Waals surface area contributed by atoms with E-state index in [1.54, 1.807) is 0 Å². The Hall–Kier alpha value is -0.840. The summed E-state index contributed by atoms with van der Waals surface area (Å²) in [6, 6.07) is 1.42. The molecule has 0 fully saturated rings. The van der Waals surface area contributed by atoms with Gasteiger partial charge in [-0.2, -0.15) is 0 Å². The van der Waals surface area contributed by atoms with Gasteiger partial charge in [-0.05, 0) is 13.0 Å². The van der Waals surface area contributed by atoms with Crippen LogP contribution in [0.25, 0.3) is 0 Å². The Morgan fingerprint density at radius 1 is 1.17 bits per heavy atom. The van der Waals surface area contributed by atoms with E-state index >= 15 is 0 Å². The lowest BCUT2D eigenvalue weighted by molar-refractivity contribution is -0.147. The number of ether oxygens (including phenoxy) is 3. The van der Waals surface area contributed by atoms with Gasteiger partial charge in [0.25, 0.3) is 0 Å². The molecule has 0 saturated heterocycles. The van der Waals surface area contributed by atoms with Gasteiger partial charge in [0.15, 0.2) is 17.6 Å². The number of halogens is 3. The van der Waals surface area contributed by atoms with E-state index in [0.29, 0.717) is 0 Å². The zero-order chi connectivity index (χ0) is 13.9. The SMILES string of the molecule is COC(=O)[C@H](C)Oc1c(Cl)cc(Cl)c(OC)c1Cl. The number of methoxy groups -OCH3 is 2. The maximum Gasteiger partial charge on any atom is 0.346 e. The van der Waals surface area contributed by atoms with E-state index in [9.17, 15) is 4.79 Å². The minimum atomic E-state index is -0.851. The summed E-state index contributed by atoms with van der Waals surface area (Å²) in [4.78, 5) is 11.3. The molecule has 0 aliphatic rings. The van der Waals surface area contributed by atoms with E-state index in [4.69, 9.17) is 44.3 Å². The summed E-state index contributed by atoms with van der Waals surface area (Å²) in [6.07, 6.45) is -0.851. The summed E-state index contributed by atoms with van der Waals surface area (Å²) < 4.78 is 14.9. The molecule has 0 unspecified atom stereocenters. The van der Waals surface area contributed by atoms with Crippen LogP contribution in [0.3, 0.4) is 0 Å². The second-order valence-electron chi connectivity index (χ2n) is 3.30. The Morgan fingerprint density at radius 3 is 2.22 bits per heavy atom. The highest BCUT2D eigenvalue weighted by atomic mass is 35.5. The summed E-state index contributed by atoms with van der Waals surface area (Å²) in [7, 11) is 2.67. The number of hydrogen-bond donors (Lipinski definition) is 0. The van der Waals surface area contributed by atoms with Crippen molar-refractivity contribution in [2.45, 2.75) is 13.0 Å². The molecule has 0 saturated carbocycles. The Balaban J connectivity index is 3.13. The average Bonchev–Trinajstić information content (AvgIpc) is 2.33. The van der Waals surface area contributed by atoms with Gasteiger partial charge in [-0.25, -0.2) is 4.79 Å². The van der Waals surface area contributed by atoms with Crippen molar-refractivity contribution in [3.8, 4) is 11.5 Å². The molecular weight excluding hydrogens is 302 g/mol. The molecule has 0 bridgehead atoms. The Bertz CT molecular complexity index is 462. The monoisotopic (exact) mass is 312 g/mol. The van der Waals surface area contributed by atoms with Crippen LogP contribution >= 0.6 is 34.8 Å². The van der Waals surface area contributed by atoms with Crippen LogP contribution in [-0.4, -0.2) is 26.3 Å². The molecule has 7 heteroatoms. The van der Waals surface area contributed by atoms with Crippen LogP contribution in [0.1, 0.15) is 6.92 Å². The number of carbonyl (C=O) groups is 1. The highest BCUT2D eigenvalue weighted by Gasteiger charge is 2.22. The summed E-state index contributed by atoms with van der Waals surface area (Å²) in [5.74, 6) is -0.191. The van der Waals surface area contributed by atoms with Crippen LogP contribution in [0, 0.1) is 0 Å². The van der Waals surface area contributed by atoms with E-state index in [0.717, 1.165) is 0 Å². The van der Waals surface area contributed by atoms with Gasteiger partial charge >= 0.3 is 5.97 Å². The number of hydrogen-bond acceptors (Lipinski definition) is 4. The van der Waals surface area contributed by atoms with Crippen molar-refractivity contribution in [2.24, 2.45) is 0 Å². The van der Waals surface area contributed by atoms with Gasteiger partial charge in [0.2, 0.25) is 0 Å². The van der Waals surface area contributed by atoms with Crippen molar-refractivity contribution in [3.63, 3.8) is 0 Å². The van der Waals surface area contributed by atoms with Gasteiger partial charge in [-0.15, -0.1) is 0 Å². The standard InChI is InChI=1S/C11H11Cl3O4/c1-5(11(15)17-3)18-10-7(13)4-6(12)9(16-2)8(10)14/h4-5H,1-3H3/t5-/m0/s1. The summed E-state index contributed by atoms with van der Waals surface area (Å²) >= 11 is 17.9. The summed E-state index contributed by atoms with van der Waals surface area (Å²) in [5.41, 5.74) is 0. The van der Waals surface area contributed by atoms with Gasteiger partial charge < -0.3 is 14.2 Å². The van der Waals surface area contributed by atoms with Gasteiger partial charge in [0, 0.05) is 0 Å². The van der Waals surface area contributed by atoms with E-state index in [1.807, 2.05) is 0 Å². The normalized spacial score (nSPS) is 11.9. The molecule has 0 N–H and O–H groups in total. The zero-order valence-corrected chi connectivity index (χ0v) is 12.2. The highest BCUT2D eigenvalue weighted by Crippen LogP contribution is 2.44. The predicted octanol–water partition coefficient (Wildman–Crippen LogP) is 3.60. The van der Waals surface area contributed by atoms with Crippen LogP contribution in [0.2, 0.25) is 15.1 Å². The molecule has 0 radical (unpaired) electrons. The lowest BCUT2D eigenvalue weighted by Crippen LogP contribution is -2.25. The molecule has 1 aromatic rings. The molecule has 0 aliphatic heterocycles. The zero-order valence-electron chi connectivity index (χ0n) is 9.92. The summed E-state index contributed by atoms with van der Waals surface area (Å²) in [5, 5.41) is 0.540. The van der Waals surface area contributed by atoms with Gasteiger partial charge in [-0.1, -0.05) is 34.8 Å². The minimum Gasteiger partial charge on any atom is -0.493 e. The molecule has 4 nitrogen and oxygen atoms in total. The highest BCUT2D eigenvalue weighted by molar-refractivity contribution is 6.42. The smallest absolute Gasteiger partial charge is 0.346 e. The Kier molecular flexibility index (Phi) is 5.38. The number of carbonyl (C=O) groups excluding carboxylic acids is 1. The average molecular weight is 314 g/mol. The van der Waals surface area contributed by atoms with E-state index < -0.39 is 12.1 Å². The first-order valence-electron chi connectivity index (χ1n) is 4.88. The fourth-order valence-electron chi connectivity index (χ4n) is 1.24. The van der Waals surface area contributed by atoms with Crippen molar-refractivity contribution < 1.29 is 19.0 Å². The first-order chi connectivity index (χ1) is 8.42. The topological polar surface area (TPSA) is 44.8 Å². The predicted molar refractivity (Wildman–Crippen MR) is 70.1 cm³/mol. The van der Waals surface area contributed by atoms with Gasteiger partial charge in [-0.3, -0.25) is 0 Å². The third kappa shape index (κ3) is 3.13. The third-order valence-corrected chi connectivity index (χ3v) is 3.02. The largest absolute Gasteiger partial charge is 0.493 e. The fourth-order valence-corrected chi connectivity index (χ4v) is 2.25. The van der Waals surface area contributed by atoms with Crippen molar-refractivity contribution in [2.75, 3.05) is 14.2 Å². The molecule has 0 amide bonds. The third-order valence-electron chi connectivity index (χ3n) is 2.12. The van der Waals surface area contributed by atoms with Crippen LogP contribution in [0.4, 0.5) is 0 Å². The quantitative estimate of drug-likeness (QED) is 0.797.